The first kappa shape index (κ1) is 25.7. The Hall–Kier alpha value is -1.53. The SMILES string of the molecule is O=C(OCC12CC3CC(CC(O)(C3)C1)C2)OC12CC3CC(C1)CC(C(=O)OCC(F)(F)S(=O)(=O)O)(C3)C2. The normalized spacial score (nSPS) is 45.6. The van der Waals surface area contributed by atoms with Crippen molar-refractivity contribution in [1.29, 1.82) is 0 Å². The first-order valence-corrected chi connectivity index (χ1v) is 14.7. The largest absolute Gasteiger partial charge is 0.508 e. The molecule has 4 atom stereocenters. The molecule has 8 bridgehead atoms. The number of aliphatic hydroxyl groups is 1. The van der Waals surface area contributed by atoms with Gasteiger partial charge in [0, 0.05) is 11.8 Å². The molecule has 0 aliphatic heterocycles. The number of halogens is 2. The molecule has 0 radical (unpaired) electrons. The third-order valence-corrected chi connectivity index (χ3v) is 11.0. The summed E-state index contributed by atoms with van der Waals surface area (Å²) in [6.07, 6.45) is 7.23. The zero-order valence-corrected chi connectivity index (χ0v) is 21.4. The average Bonchev–Trinajstić information content (AvgIpc) is 2.72. The van der Waals surface area contributed by atoms with E-state index in [1.54, 1.807) is 0 Å². The van der Waals surface area contributed by atoms with Gasteiger partial charge in [0.05, 0.1) is 11.0 Å². The zero-order chi connectivity index (χ0) is 26.5. The standard InChI is InChI=1S/C25H34F2O9S/c26-25(27,37(31,32)33)14-34-19(28)22-5-17-2-18(6-22)10-24(9-17,12-22)36-20(29)35-13-21-3-15-1-16(4-21)8-23(30,7-15)11-21/h15-18,30H,1-14H2,(H,31,32,33). The molecule has 0 aromatic rings. The van der Waals surface area contributed by atoms with Crippen molar-refractivity contribution in [3.8, 4) is 0 Å². The minimum atomic E-state index is -5.72. The van der Waals surface area contributed by atoms with Crippen molar-refractivity contribution >= 4 is 22.2 Å². The minimum Gasteiger partial charge on any atom is -0.458 e. The molecular formula is C25H34F2O9S. The fourth-order valence-corrected chi connectivity index (χ4v) is 10.1. The lowest BCUT2D eigenvalue weighted by molar-refractivity contribution is -0.207. The van der Waals surface area contributed by atoms with Crippen molar-refractivity contribution in [2.45, 2.75) is 93.5 Å². The summed E-state index contributed by atoms with van der Waals surface area (Å²) in [5.74, 6) is 0.0384. The van der Waals surface area contributed by atoms with Crippen LogP contribution in [0.25, 0.3) is 0 Å². The van der Waals surface area contributed by atoms with Crippen LogP contribution in [0.4, 0.5) is 13.6 Å². The maximum absolute atomic E-state index is 13.7. The monoisotopic (exact) mass is 548 g/mol. The van der Waals surface area contributed by atoms with Crippen LogP contribution in [-0.4, -0.2) is 59.9 Å². The average molecular weight is 549 g/mol. The molecule has 0 amide bonds. The van der Waals surface area contributed by atoms with E-state index in [1.165, 1.54) is 0 Å². The summed E-state index contributed by atoms with van der Waals surface area (Å²) in [7, 11) is -5.72. The Kier molecular flexibility index (Phi) is 5.56. The van der Waals surface area contributed by atoms with Gasteiger partial charge in [-0.05, 0) is 94.3 Å². The predicted molar refractivity (Wildman–Crippen MR) is 122 cm³/mol. The van der Waals surface area contributed by atoms with Gasteiger partial charge in [0.1, 0.15) is 12.2 Å². The third kappa shape index (κ3) is 4.44. The molecule has 4 unspecified atom stereocenters. The summed E-state index contributed by atoms with van der Waals surface area (Å²) in [6.45, 7) is -1.59. The summed E-state index contributed by atoms with van der Waals surface area (Å²) >= 11 is 0. The first-order valence-electron chi connectivity index (χ1n) is 13.2. The number of esters is 1. The van der Waals surface area contributed by atoms with Gasteiger partial charge in [0.2, 0.25) is 0 Å². The Morgan fingerprint density at radius 1 is 0.865 bits per heavy atom. The van der Waals surface area contributed by atoms with Crippen molar-refractivity contribution in [2.24, 2.45) is 34.5 Å². The van der Waals surface area contributed by atoms with Crippen molar-refractivity contribution in [3.63, 3.8) is 0 Å². The number of hydrogen-bond acceptors (Lipinski definition) is 8. The molecule has 8 rings (SSSR count). The second-order valence-corrected chi connectivity index (χ2v) is 15.0. The fraction of sp³-hybridized carbons (Fsp3) is 0.920. The lowest BCUT2D eigenvalue weighted by Gasteiger charge is -2.60. The van der Waals surface area contributed by atoms with Crippen LogP contribution >= 0.6 is 0 Å². The van der Waals surface area contributed by atoms with E-state index in [9.17, 15) is 31.9 Å². The summed E-state index contributed by atoms with van der Waals surface area (Å²) in [5, 5.41) is 6.35. The van der Waals surface area contributed by atoms with E-state index in [-0.39, 0.29) is 30.3 Å². The van der Waals surface area contributed by atoms with E-state index in [0.29, 0.717) is 43.9 Å². The van der Waals surface area contributed by atoms with E-state index in [1.807, 2.05) is 0 Å². The molecule has 8 saturated carbocycles. The molecule has 8 aliphatic carbocycles. The van der Waals surface area contributed by atoms with Crippen LogP contribution in [0.5, 0.6) is 0 Å². The topological polar surface area (TPSA) is 136 Å². The van der Waals surface area contributed by atoms with Gasteiger partial charge in [0.15, 0.2) is 6.61 Å². The molecule has 0 aromatic heterocycles. The smallest absolute Gasteiger partial charge is 0.458 e. The van der Waals surface area contributed by atoms with Gasteiger partial charge >= 0.3 is 27.5 Å². The fourth-order valence-electron chi connectivity index (χ4n) is 9.90. The minimum absolute atomic E-state index is 0.0427. The van der Waals surface area contributed by atoms with Crippen LogP contribution in [0.15, 0.2) is 0 Å². The van der Waals surface area contributed by atoms with Crippen molar-refractivity contribution < 1.29 is 50.7 Å². The van der Waals surface area contributed by atoms with Gasteiger partial charge in [-0.3, -0.25) is 9.35 Å². The molecule has 37 heavy (non-hydrogen) atoms. The molecule has 0 saturated heterocycles. The highest BCUT2D eigenvalue weighted by Crippen LogP contribution is 2.64. The summed E-state index contributed by atoms with van der Waals surface area (Å²) < 4.78 is 74.1. The lowest BCUT2D eigenvalue weighted by atomic mass is 9.48. The van der Waals surface area contributed by atoms with Gasteiger partial charge in [-0.2, -0.15) is 17.2 Å². The number of ether oxygens (including phenoxy) is 3. The molecule has 9 nitrogen and oxygen atoms in total. The molecule has 0 aromatic carbocycles. The second-order valence-electron chi connectivity index (χ2n) is 13.4. The van der Waals surface area contributed by atoms with Gasteiger partial charge in [0.25, 0.3) is 0 Å². The van der Waals surface area contributed by atoms with Gasteiger partial charge < -0.3 is 19.3 Å². The third-order valence-electron chi connectivity index (χ3n) is 10.1. The van der Waals surface area contributed by atoms with E-state index in [4.69, 9.17) is 18.8 Å². The number of carbonyl (C=O) groups excluding carboxylic acids is 2. The Balaban J connectivity index is 1.11. The van der Waals surface area contributed by atoms with Gasteiger partial charge in [-0.25, -0.2) is 4.79 Å². The van der Waals surface area contributed by atoms with E-state index in [2.05, 4.69) is 0 Å². The number of rotatable bonds is 7. The Morgan fingerprint density at radius 2 is 1.43 bits per heavy atom. The molecule has 208 valence electrons. The highest BCUT2D eigenvalue weighted by atomic mass is 32.2. The van der Waals surface area contributed by atoms with Gasteiger partial charge in [-0.15, -0.1) is 0 Å². The quantitative estimate of drug-likeness (QED) is 0.359. The van der Waals surface area contributed by atoms with E-state index in [0.717, 1.165) is 38.5 Å². The maximum atomic E-state index is 13.7. The molecule has 8 fully saturated rings. The van der Waals surface area contributed by atoms with Crippen molar-refractivity contribution in [2.75, 3.05) is 13.2 Å². The van der Waals surface area contributed by atoms with Crippen LogP contribution in [0.3, 0.4) is 0 Å². The maximum Gasteiger partial charge on any atom is 0.508 e. The predicted octanol–water partition coefficient (Wildman–Crippen LogP) is 3.83. The van der Waals surface area contributed by atoms with Crippen LogP contribution in [0.1, 0.15) is 77.0 Å². The summed E-state index contributed by atoms with van der Waals surface area (Å²) in [6, 6.07) is 0. The molecule has 12 heteroatoms. The van der Waals surface area contributed by atoms with Crippen LogP contribution in [0, 0.1) is 34.5 Å². The first-order chi connectivity index (χ1) is 17.1. The number of hydrogen-bond donors (Lipinski definition) is 2. The highest BCUT2D eigenvalue weighted by molar-refractivity contribution is 7.86. The van der Waals surface area contributed by atoms with Crippen molar-refractivity contribution in [3.05, 3.63) is 0 Å². The zero-order valence-electron chi connectivity index (χ0n) is 20.6. The number of alkyl halides is 2. The Labute approximate surface area is 214 Å². The molecular weight excluding hydrogens is 514 g/mol. The van der Waals surface area contributed by atoms with Crippen LogP contribution < -0.4 is 0 Å². The Bertz CT molecular complexity index is 1080. The molecule has 0 heterocycles. The van der Waals surface area contributed by atoms with Crippen molar-refractivity contribution in [1.82, 2.24) is 0 Å². The highest BCUT2D eigenvalue weighted by Gasteiger charge is 2.64. The summed E-state index contributed by atoms with van der Waals surface area (Å²) in [5.41, 5.74) is -3.02. The van der Waals surface area contributed by atoms with Gasteiger partial charge in [-0.1, -0.05) is 0 Å². The van der Waals surface area contributed by atoms with E-state index < -0.39 is 50.7 Å². The lowest BCUT2D eigenvalue weighted by Crippen LogP contribution is -2.60. The number of carbonyl (C=O) groups is 2. The molecule has 8 aliphatic rings. The molecule has 0 spiro atoms. The second kappa shape index (κ2) is 8.00. The summed E-state index contributed by atoms with van der Waals surface area (Å²) in [4.78, 5) is 25.9. The Morgan fingerprint density at radius 3 is 1.97 bits per heavy atom. The van der Waals surface area contributed by atoms with Crippen LogP contribution in [0.2, 0.25) is 0 Å². The van der Waals surface area contributed by atoms with Crippen LogP contribution in [-0.2, 0) is 29.1 Å². The van der Waals surface area contributed by atoms with E-state index >= 15 is 0 Å². The molecule has 2 N–H and O–H groups in total.